The number of carbonyl (C=O) groups is 1. The van der Waals surface area contributed by atoms with Crippen molar-refractivity contribution in [2.24, 2.45) is 0 Å². The number of ether oxygens (including phenoxy) is 1. The molecule has 2 aromatic heterocycles. The van der Waals surface area contributed by atoms with Crippen LogP contribution in [-0.2, 0) is 0 Å². The summed E-state index contributed by atoms with van der Waals surface area (Å²) in [5, 5.41) is 4.07. The number of methoxy groups -OCH3 is 1. The molecule has 0 spiro atoms. The van der Waals surface area contributed by atoms with Crippen molar-refractivity contribution in [2.45, 2.75) is 18.8 Å². The molecule has 0 unspecified atom stereocenters. The van der Waals surface area contributed by atoms with E-state index in [0.29, 0.717) is 36.1 Å². The summed E-state index contributed by atoms with van der Waals surface area (Å²) in [4.78, 5) is 26.0. The second-order valence-corrected chi connectivity index (χ2v) is 7.62. The van der Waals surface area contributed by atoms with Gasteiger partial charge < -0.3 is 19.1 Å². The summed E-state index contributed by atoms with van der Waals surface area (Å²) in [6.07, 6.45) is 4.04. The fraction of sp³-hybridized carbons (Fsp3) is 0.364. The number of pyridine rings is 1. The third-order valence-electron chi connectivity index (χ3n) is 5.60. The molecular formula is C22H23N5O3. The van der Waals surface area contributed by atoms with Crippen LogP contribution in [0, 0.1) is 0 Å². The molecule has 0 atom stereocenters. The predicted octanol–water partition coefficient (Wildman–Crippen LogP) is 2.98. The van der Waals surface area contributed by atoms with E-state index in [1.165, 1.54) is 0 Å². The fourth-order valence-electron chi connectivity index (χ4n) is 3.68. The summed E-state index contributed by atoms with van der Waals surface area (Å²) in [5.74, 6) is 3.24. The SMILES string of the molecule is COc1ccccc1C(=O)N1CCN(c2ccc(-c3noc(C4CC4)n3)cn2)CC1. The molecule has 8 nitrogen and oxygen atoms in total. The quantitative estimate of drug-likeness (QED) is 0.645. The molecule has 2 aliphatic rings. The Morgan fingerprint density at radius 2 is 1.90 bits per heavy atom. The Morgan fingerprint density at radius 3 is 2.60 bits per heavy atom. The van der Waals surface area contributed by atoms with Crippen LogP contribution in [0.2, 0.25) is 0 Å². The van der Waals surface area contributed by atoms with Crippen molar-refractivity contribution in [3.63, 3.8) is 0 Å². The van der Waals surface area contributed by atoms with Crippen molar-refractivity contribution in [1.82, 2.24) is 20.0 Å². The first kappa shape index (κ1) is 18.6. The maximum atomic E-state index is 12.9. The fourth-order valence-corrected chi connectivity index (χ4v) is 3.68. The number of nitrogens with zero attached hydrogens (tertiary/aromatic N) is 5. The molecule has 3 heterocycles. The third-order valence-corrected chi connectivity index (χ3v) is 5.60. The molecule has 0 N–H and O–H groups in total. The lowest BCUT2D eigenvalue weighted by Crippen LogP contribution is -2.49. The van der Waals surface area contributed by atoms with Gasteiger partial charge in [0.15, 0.2) is 0 Å². The highest BCUT2D eigenvalue weighted by atomic mass is 16.5. The number of para-hydroxylation sites is 1. The minimum absolute atomic E-state index is 0.000944. The van der Waals surface area contributed by atoms with Crippen molar-refractivity contribution < 1.29 is 14.1 Å². The molecule has 1 saturated carbocycles. The van der Waals surface area contributed by atoms with E-state index in [9.17, 15) is 4.79 Å². The van der Waals surface area contributed by atoms with Crippen molar-refractivity contribution in [3.05, 3.63) is 54.0 Å². The average Bonchev–Trinajstić information content (AvgIpc) is 3.55. The van der Waals surface area contributed by atoms with E-state index in [1.807, 2.05) is 35.2 Å². The average molecular weight is 405 g/mol. The van der Waals surface area contributed by atoms with Gasteiger partial charge in [-0.2, -0.15) is 4.98 Å². The van der Waals surface area contributed by atoms with Gasteiger partial charge in [0.1, 0.15) is 11.6 Å². The molecule has 1 aliphatic carbocycles. The number of rotatable bonds is 5. The third kappa shape index (κ3) is 3.60. The van der Waals surface area contributed by atoms with E-state index in [-0.39, 0.29) is 5.91 Å². The van der Waals surface area contributed by atoms with Crippen molar-refractivity contribution in [2.75, 3.05) is 38.2 Å². The normalized spacial score (nSPS) is 16.6. The van der Waals surface area contributed by atoms with Crippen molar-refractivity contribution in [3.8, 4) is 17.1 Å². The Morgan fingerprint density at radius 1 is 1.10 bits per heavy atom. The number of piperazine rings is 1. The summed E-state index contributed by atoms with van der Waals surface area (Å²) in [7, 11) is 1.58. The second-order valence-electron chi connectivity index (χ2n) is 7.62. The van der Waals surface area contributed by atoms with E-state index >= 15 is 0 Å². The minimum Gasteiger partial charge on any atom is -0.496 e. The Labute approximate surface area is 174 Å². The monoisotopic (exact) mass is 405 g/mol. The molecule has 1 saturated heterocycles. The van der Waals surface area contributed by atoms with Gasteiger partial charge in [0.2, 0.25) is 11.7 Å². The molecular weight excluding hydrogens is 382 g/mol. The van der Waals surface area contributed by atoms with Crippen LogP contribution in [0.1, 0.15) is 35.0 Å². The highest BCUT2D eigenvalue weighted by molar-refractivity contribution is 5.97. The summed E-state index contributed by atoms with van der Waals surface area (Å²) < 4.78 is 10.7. The number of aromatic nitrogens is 3. The number of anilines is 1. The highest BCUT2D eigenvalue weighted by Gasteiger charge is 2.30. The summed E-state index contributed by atoms with van der Waals surface area (Å²) in [6.45, 7) is 2.72. The Hall–Kier alpha value is -3.42. The zero-order chi connectivity index (χ0) is 20.5. The molecule has 154 valence electrons. The first-order chi connectivity index (χ1) is 14.7. The zero-order valence-corrected chi connectivity index (χ0v) is 16.8. The largest absolute Gasteiger partial charge is 0.496 e. The number of carbonyl (C=O) groups excluding carboxylic acids is 1. The van der Waals surface area contributed by atoms with Crippen LogP contribution in [0.4, 0.5) is 5.82 Å². The van der Waals surface area contributed by atoms with Gasteiger partial charge >= 0.3 is 0 Å². The van der Waals surface area contributed by atoms with E-state index in [1.54, 1.807) is 19.4 Å². The Balaban J connectivity index is 1.22. The van der Waals surface area contributed by atoms with Gasteiger partial charge in [-0.3, -0.25) is 4.79 Å². The maximum absolute atomic E-state index is 12.9. The number of benzene rings is 1. The van der Waals surface area contributed by atoms with Crippen LogP contribution in [0.15, 0.2) is 47.1 Å². The number of amides is 1. The van der Waals surface area contributed by atoms with Crippen molar-refractivity contribution in [1.29, 1.82) is 0 Å². The first-order valence-corrected chi connectivity index (χ1v) is 10.2. The lowest BCUT2D eigenvalue weighted by molar-refractivity contribution is 0.0743. The molecule has 1 aromatic carbocycles. The van der Waals surface area contributed by atoms with Gasteiger partial charge in [-0.1, -0.05) is 17.3 Å². The minimum atomic E-state index is -0.000944. The lowest BCUT2D eigenvalue weighted by atomic mass is 10.1. The van der Waals surface area contributed by atoms with Crippen molar-refractivity contribution >= 4 is 11.7 Å². The van der Waals surface area contributed by atoms with Crippen LogP contribution >= 0.6 is 0 Å². The molecule has 8 heteroatoms. The summed E-state index contributed by atoms with van der Waals surface area (Å²) in [5.41, 5.74) is 1.45. The van der Waals surface area contributed by atoms with E-state index in [2.05, 4.69) is 20.0 Å². The van der Waals surface area contributed by atoms with E-state index in [4.69, 9.17) is 9.26 Å². The number of hydrogen-bond donors (Lipinski definition) is 0. The zero-order valence-electron chi connectivity index (χ0n) is 16.8. The molecule has 1 aliphatic heterocycles. The van der Waals surface area contributed by atoms with Gasteiger partial charge in [0, 0.05) is 43.9 Å². The molecule has 2 fully saturated rings. The molecule has 0 bridgehead atoms. The van der Waals surface area contributed by atoms with Crippen LogP contribution in [0.3, 0.4) is 0 Å². The Kier molecular flexibility index (Phi) is 4.82. The van der Waals surface area contributed by atoms with E-state index < -0.39 is 0 Å². The lowest BCUT2D eigenvalue weighted by Gasteiger charge is -2.35. The highest BCUT2D eigenvalue weighted by Crippen LogP contribution is 2.39. The van der Waals surface area contributed by atoms with Gasteiger partial charge in [0.05, 0.1) is 12.7 Å². The Bertz CT molecular complexity index is 1040. The maximum Gasteiger partial charge on any atom is 0.257 e. The molecule has 3 aromatic rings. The predicted molar refractivity (Wildman–Crippen MR) is 111 cm³/mol. The van der Waals surface area contributed by atoms with Gasteiger partial charge in [-0.05, 0) is 37.1 Å². The van der Waals surface area contributed by atoms with Gasteiger partial charge in [-0.15, -0.1) is 0 Å². The molecule has 5 rings (SSSR count). The summed E-state index contributed by atoms with van der Waals surface area (Å²) in [6, 6.07) is 11.3. The summed E-state index contributed by atoms with van der Waals surface area (Å²) >= 11 is 0. The second kappa shape index (κ2) is 7.78. The van der Waals surface area contributed by atoms with Crippen LogP contribution in [-0.4, -0.2) is 59.2 Å². The molecule has 0 radical (unpaired) electrons. The standard InChI is InChI=1S/C22H23N5O3/c1-29-18-5-3-2-4-17(18)22(28)27-12-10-26(11-13-27)19-9-8-16(14-23-19)20-24-21(30-25-20)15-6-7-15/h2-5,8-9,14-15H,6-7,10-13H2,1H3. The smallest absolute Gasteiger partial charge is 0.257 e. The number of hydrogen-bond acceptors (Lipinski definition) is 7. The van der Waals surface area contributed by atoms with Gasteiger partial charge in [0.25, 0.3) is 5.91 Å². The van der Waals surface area contributed by atoms with Gasteiger partial charge in [-0.25, -0.2) is 4.98 Å². The topological polar surface area (TPSA) is 84.6 Å². The molecule has 30 heavy (non-hydrogen) atoms. The van der Waals surface area contributed by atoms with Crippen LogP contribution in [0.5, 0.6) is 5.75 Å². The molecule has 1 amide bonds. The first-order valence-electron chi connectivity index (χ1n) is 10.2. The van der Waals surface area contributed by atoms with Crippen LogP contribution in [0.25, 0.3) is 11.4 Å². The van der Waals surface area contributed by atoms with Crippen LogP contribution < -0.4 is 9.64 Å². The van der Waals surface area contributed by atoms with E-state index in [0.717, 1.165) is 43.2 Å².